The fourth-order valence-electron chi connectivity index (χ4n) is 4.81. The third-order valence-corrected chi connectivity index (χ3v) is 6.97. The molecule has 192 valence electrons. The Balaban J connectivity index is 1.31. The molecule has 1 saturated heterocycles. The van der Waals surface area contributed by atoms with Crippen LogP contribution in [-0.2, 0) is 11.3 Å². The molecule has 0 spiro atoms. The molecule has 3 aromatic heterocycles. The van der Waals surface area contributed by atoms with Gasteiger partial charge in [0, 0.05) is 17.2 Å². The Kier molecular flexibility index (Phi) is 7.11. The summed E-state index contributed by atoms with van der Waals surface area (Å²) in [4.78, 5) is 22.8. The molecule has 4 aromatic rings. The van der Waals surface area contributed by atoms with Crippen LogP contribution < -0.4 is 5.73 Å². The zero-order chi connectivity index (χ0) is 26.6. The third kappa shape index (κ3) is 5.53. The Morgan fingerprint density at radius 2 is 1.89 bits per heavy atom. The number of benzene rings is 1. The summed E-state index contributed by atoms with van der Waals surface area (Å²) in [5.74, 6) is -0.609. The first-order valence-electron chi connectivity index (χ1n) is 12.5. The topological polar surface area (TPSA) is 147 Å². The van der Waals surface area contributed by atoms with Crippen molar-refractivity contribution >= 4 is 11.8 Å². The first-order chi connectivity index (χ1) is 18.4. The van der Waals surface area contributed by atoms with Gasteiger partial charge in [0.1, 0.15) is 11.5 Å². The van der Waals surface area contributed by atoms with Crippen LogP contribution >= 0.6 is 0 Å². The van der Waals surface area contributed by atoms with Gasteiger partial charge in [-0.2, -0.15) is 5.26 Å². The molecule has 10 nitrogen and oxygen atoms in total. The minimum Gasteiger partial charge on any atom is -0.481 e. The van der Waals surface area contributed by atoms with Crippen LogP contribution in [0.2, 0.25) is 0 Å². The Bertz CT molecular complexity index is 1500. The van der Waals surface area contributed by atoms with E-state index in [-0.39, 0.29) is 12.0 Å². The summed E-state index contributed by atoms with van der Waals surface area (Å²) in [5.41, 5.74) is 11.3. The van der Waals surface area contributed by atoms with E-state index in [9.17, 15) is 15.2 Å². The highest BCUT2D eigenvalue weighted by Crippen LogP contribution is 2.28. The molecule has 1 atom stereocenters. The molecule has 0 radical (unpaired) electrons. The molecule has 4 heterocycles. The number of carbonyl (C=O) groups is 1. The number of nitrogens with zero attached hydrogens (tertiary/aromatic N) is 7. The van der Waals surface area contributed by atoms with Gasteiger partial charge in [-0.15, -0.1) is 5.10 Å². The molecule has 0 unspecified atom stereocenters. The van der Waals surface area contributed by atoms with Crippen LogP contribution in [-0.4, -0.2) is 54.0 Å². The zero-order valence-corrected chi connectivity index (χ0v) is 21.0. The van der Waals surface area contributed by atoms with Crippen LogP contribution in [0.15, 0.2) is 60.8 Å². The highest BCUT2D eigenvalue weighted by atomic mass is 16.4. The number of rotatable bonds is 7. The maximum Gasteiger partial charge on any atom is 0.306 e. The van der Waals surface area contributed by atoms with E-state index >= 15 is 0 Å². The van der Waals surface area contributed by atoms with Crippen molar-refractivity contribution in [3.63, 3.8) is 0 Å². The monoisotopic (exact) mass is 508 g/mol. The van der Waals surface area contributed by atoms with Gasteiger partial charge in [-0.05, 0) is 69.3 Å². The fourth-order valence-corrected chi connectivity index (χ4v) is 4.81. The number of anilines is 1. The molecule has 0 amide bonds. The maximum absolute atomic E-state index is 11.3. The van der Waals surface area contributed by atoms with Crippen LogP contribution in [0.5, 0.6) is 0 Å². The first kappa shape index (κ1) is 25.0. The number of carboxylic acids is 1. The van der Waals surface area contributed by atoms with Crippen molar-refractivity contribution in [2.24, 2.45) is 5.92 Å². The van der Waals surface area contributed by atoms with E-state index in [2.05, 4.69) is 33.2 Å². The minimum absolute atomic E-state index is 0.0914. The summed E-state index contributed by atoms with van der Waals surface area (Å²) in [6.07, 6.45) is 3.16. The number of aliphatic carboxylic acids is 1. The number of pyridine rings is 2. The summed E-state index contributed by atoms with van der Waals surface area (Å²) >= 11 is 0. The number of hydrogen-bond acceptors (Lipinski definition) is 8. The number of piperidine rings is 1. The molecule has 38 heavy (non-hydrogen) atoms. The molecule has 1 aliphatic heterocycles. The van der Waals surface area contributed by atoms with Gasteiger partial charge in [-0.3, -0.25) is 14.7 Å². The normalized spacial score (nSPS) is 15.2. The van der Waals surface area contributed by atoms with E-state index in [0.717, 1.165) is 35.6 Å². The van der Waals surface area contributed by atoms with Crippen molar-refractivity contribution in [1.82, 2.24) is 29.9 Å². The van der Waals surface area contributed by atoms with Gasteiger partial charge >= 0.3 is 5.97 Å². The van der Waals surface area contributed by atoms with Gasteiger partial charge in [0.15, 0.2) is 0 Å². The number of hydrogen-bond donors (Lipinski definition) is 2. The number of nitriles is 1. The summed E-state index contributed by atoms with van der Waals surface area (Å²) in [7, 11) is 0. The maximum atomic E-state index is 11.3. The lowest BCUT2D eigenvalue weighted by molar-refractivity contribution is -0.143. The van der Waals surface area contributed by atoms with Gasteiger partial charge in [0.25, 0.3) is 0 Å². The molecular weight excluding hydrogens is 480 g/mol. The molecule has 5 rings (SSSR count). The summed E-state index contributed by atoms with van der Waals surface area (Å²) in [6.45, 7) is 4.05. The van der Waals surface area contributed by atoms with Crippen LogP contribution in [0, 0.1) is 17.2 Å². The molecule has 0 saturated carbocycles. The van der Waals surface area contributed by atoms with E-state index < -0.39 is 5.97 Å². The van der Waals surface area contributed by atoms with Crippen LogP contribution in [0.25, 0.3) is 22.5 Å². The highest BCUT2D eigenvalue weighted by molar-refractivity contribution is 5.72. The van der Waals surface area contributed by atoms with E-state index in [1.165, 1.54) is 0 Å². The molecule has 0 aliphatic carbocycles. The molecule has 1 aliphatic rings. The largest absolute Gasteiger partial charge is 0.481 e. The van der Waals surface area contributed by atoms with Crippen molar-refractivity contribution in [2.45, 2.75) is 32.4 Å². The second-order valence-corrected chi connectivity index (χ2v) is 9.54. The van der Waals surface area contributed by atoms with Gasteiger partial charge in [-0.25, -0.2) is 9.67 Å². The van der Waals surface area contributed by atoms with Gasteiger partial charge in [0.2, 0.25) is 0 Å². The summed E-state index contributed by atoms with van der Waals surface area (Å²) in [6, 6.07) is 19.0. The summed E-state index contributed by atoms with van der Waals surface area (Å²) < 4.78 is 1.73. The van der Waals surface area contributed by atoms with Gasteiger partial charge in [0.05, 0.1) is 47.4 Å². The second kappa shape index (κ2) is 10.8. The Morgan fingerprint density at radius 1 is 1.11 bits per heavy atom. The summed E-state index contributed by atoms with van der Waals surface area (Å²) in [5, 5.41) is 27.1. The standard InChI is InChI=1S/C28H28N8O2/c1-18(35-10-8-20(9-11-35)28(37)38)24-7-3-6-23(31-24)16-36-17-26(33-34-36)22-13-25(32-27(30)14-22)21-5-2-4-19(12-21)15-29/h2-7,12-14,17-18,20H,8-11,16H2,1H3,(H2,30,32)(H,37,38)/t18-/m0/s1. The van der Waals surface area contributed by atoms with Gasteiger partial charge < -0.3 is 10.8 Å². The average Bonchev–Trinajstić information content (AvgIpc) is 3.41. The number of nitrogen functional groups attached to an aromatic ring is 1. The third-order valence-electron chi connectivity index (χ3n) is 6.97. The second-order valence-electron chi connectivity index (χ2n) is 9.54. The number of nitrogens with two attached hydrogens (primary N) is 1. The molecule has 1 fully saturated rings. The van der Waals surface area contributed by atoms with E-state index in [1.807, 2.05) is 42.6 Å². The van der Waals surface area contributed by atoms with Crippen molar-refractivity contribution in [1.29, 1.82) is 5.26 Å². The van der Waals surface area contributed by atoms with Crippen molar-refractivity contribution in [2.75, 3.05) is 18.8 Å². The van der Waals surface area contributed by atoms with Crippen molar-refractivity contribution < 1.29 is 9.90 Å². The molecule has 0 bridgehead atoms. The number of carboxylic acid groups (broad SMARTS) is 1. The predicted molar refractivity (Wildman–Crippen MR) is 142 cm³/mol. The number of likely N-dealkylation sites (tertiary alicyclic amines) is 1. The molecule has 3 N–H and O–H groups in total. The van der Waals surface area contributed by atoms with Crippen LogP contribution in [0.3, 0.4) is 0 Å². The fraction of sp³-hybridized carbons (Fsp3) is 0.286. The Morgan fingerprint density at radius 3 is 2.66 bits per heavy atom. The van der Waals surface area contributed by atoms with Crippen LogP contribution in [0.4, 0.5) is 5.82 Å². The van der Waals surface area contributed by atoms with Gasteiger partial charge in [-0.1, -0.05) is 23.4 Å². The molecular formula is C28H28N8O2. The SMILES string of the molecule is C[C@@H](c1cccc(Cn2cc(-c3cc(N)nc(-c4cccc(C#N)c4)c3)nn2)n1)N1CCC(C(=O)O)CC1. The van der Waals surface area contributed by atoms with E-state index in [1.54, 1.807) is 22.9 Å². The smallest absolute Gasteiger partial charge is 0.306 e. The van der Waals surface area contributed by atoms with Crippen LogP contribution in [0.1, 0.15) is 42.8 Å². The lowest BCUT2D eigenvalue weighted by atomic mass is 9.95. The van der Waals surface area contributed by atoms with E-state index in [0.29, 0.717) is 42.2 Å². The predicted octanol–water partition coefficient (Wildman–Crippen LogP) is 3.76. The van der Waals surface area contributed by atoms with E-state index in [4.69, 9.17) is 10.7 Å². The van der Waals surface area contributed by atoms with Crippen molar-refractivity contribution in [3.05, 3.63) is 77.7 Å². The zero-order valence-electron chi connectivity index (χ0n) is 21.0. The Labute approximate surface area is 220 Å². The first-order valence-corrected chi connectivity index (χ1v) is 12.5. The highest BCUT2D eigenvalue weighted by Gasteiger charge is 2.27. The quantitative estimate of drug-likeness (QED) is 0.381. The van der Waals surface area contributed by atoms with Crippen molar-refractivity contribution in [3.8, 4) is 28.6 Å². The number of aromatic nitrogens is 5. The minimum atomic E-state index is -0.705. The lowest BCUT2D eigenvalue weighted by Gasteiger charge is -2.34. The Hall–Kier alpha value is -4.62. The molecule has 1 aromatic carbocycles. The lowest BCUT2D eigenvalue weighted by Crippen LogP contribution is -2.38. The molecule has 10 heteroatoms. The average molecular weight is 509 g/mol.